The summed E-state index contributed by atoms with van der Waals surface area (Å²) in [6.45, 7) is 0. The van der Waals surface area contributed by atoms with E-state index in [1.165, 1.54) is 13.3 Å². The molecule has 0 saturated carbocycles. The zero-order valence-corrected chi connectivity index (χ0v) is 15.9. The van der Waals surface area contributed by atoms with E-state index in [4.69, 9.17) is 4.74 Å². The Morgan fingerprint density at radius 2 is 1.90 bits per heavy atom. The largest absolute Gasteiger partial charge is 0.499 e. The Hall–Kier alpha value is -3.08. The molecule has 0 saturated heterocycles. The second-order valence-corrected chi connectivity index (χ2v) is 7.35. The average molecular weight is 442 g/mol. The van der Waals surface area contributed by atoms with Crippen LogP contribution in [0, 0.1) is 11.6 Å². The van der Waals surface area contributed by atoms with Crippen LogP contribution >= 0.6 is 11.8 Å². The van der Waals surface area contributed by atoms with Gasteiger partial charge in [-0.1, -0.05) is 0 Å². The predicted molar refractivity (Wildman–Crippen MR) is 101 cm³/mol. The third-order valence-corrected chi connectivity index (χ3v) is 5.69. The zero-order chi connectivity index (χ0) is 21.8. The Bertz CT molecular complexity index is 1340. The van der Waals surface area contributed by atoms with Crippen LogP contribution in [0.4, 0.5) is 22.0 Å². The molecule has 1 aliphatic heterocycles. The Kier molecular flexibility index (Phi) is 4.72. The molecule has 1 aliphatic rings. The van der Waals surface area contributed by atoms with Crippen molar-refractivity contribution in [1.82, 2.24) is 9.55 Å². The van der Waals surface area contributed by atoms with E-state index in [-0.39, 0.29) is 21.9 Å². The molecule has 11 heteroatoms. The van der Waals surface area contributed by atoms with Gasteiger partial charge in [0.2, 0.25) is 0 Å². The molecule has 0 bridgehead atoms. The molecule has 2 aromatic carbocycles. The number of nitrogens with zero attached hydrogens (tertiary/aromatic N) is 1. The number of aromatic nitrogens is 2. The standard InChI is InChI=1S/C19H11F5N2O3S/c1-29-9-6-26-15-11(17(27)25-18(26)28)5-12(19(22,23)24)14(16(15)30-7-9)10-3-2-8(20)4-13(10)21/h2-6H,7H2,1H3,(H,25,27,28). The highest BCUT2D eigenvalue weighted by Gasteiger charge is 2.38. The summed E-state index contributed by atoms with van der Waals surface area (Å²) in [6.07, 6.45) is -3.71. The first-order valence-electron chi connectivity index (χ1n) is 8.37. The number of alkyl halides is 3. The van der Waals surface area contributed by atoms with Crippen LogP contribution in [-0.2, 0) is 10.9 Å². The molecule has 0 atom stereocenters. The van der Waals surface area contributed by atoms with E-state index in [9.17, 15) is 31.5 Å². The maximum atomic E-state index is 14.6. The minimum Gasteiger partial charge on any atom is -0.499 e. The van der Waals surface area contributed by atoms with Gasteiger partial charge in [-0.05, 0) is 18.2 Å². The lowest BCUT2D eigenvalue weighted by atomic mass is 9.96. The number of hydrogen-bond acceptors (Lipinski definition) is 4. The van der Waals surface area contributed by atoms with E-state index >= 15 is 0 Å². The molecule has 0 unspecified atom stereocenters. The van der Waals surface area contributed by atoms with E-state index in [0.29, 0.717) is 12.1 Å². The third kappa shape index (κ3) is 3.18. The molecule has 30 heavy (non-hydrogen) atoms. The second-order valence-electron chi connectivity index (χ2n) is 6.36. The molecule has 0 spiro atoms. The molecule has 1 N–H and O–H groups in total. The summed E-state index contributed by atoms with van der Waals surface area (Å²) in [5.74, 6) is -1.91. The SMILES string of the molecule is COC1=Cn2c(=O)[nH]c(=O)c3cc(C(F)(F)F)c(-c4ccc(F)cc4F)c(c32)SC1. The van der Waals surface area contributed by atoms with Gasteiger partial charge in [0.1, 0.15) is 17.4 Å². The highest BCUT2D eigenvalue weighted by atomic mass is 32.2. The van der Waals surface area contributed by atoms with Crippen molar-refractivity contribution in [1.29, 1.82) is 0 Å². The van der Waals surface area contributed by atoms with Gasteiger partial charge in [0.05, 0.1) is 35.5 Å². The van der Waals surface area contributed by atoms with Gasteiger partial charge in [-0.2, -0.15) is 13.2 Å². The van der Waals surface area contributed by atoms with Gasteiger partial charge in [-0.25, -0.2) is 13.6 Å². The van der Waals surface area contributed by atoms with Gasteiger partial charge in [0.15, 0.2) is 0 Å². The smallest absolute Gasteiger partial charge is 0.417 e. The van der Waals surface area contributed by atoms with Crippen molar-refractivity contribution >= 4 is 28.9 Å². The molecule has 2 heterocycles. The van der Waals surface area contributed by atoms with Gasteiger partial charge >= 0.3 is 11.9 Å². The first-order valence-corrected chi connectivity index (χ1v) is 9.36. The number of hydrogen-bond donors (Lipinski definition) is 1. The maximum absolute atomic E-state index is 14.6. The lowest BCUT2D eigenvalue weighted by Crippen LogP contribution is -2.28. The molecule has 4 rings (SSSR count). The fraction of sp³-hybridized carbons (Fsp3) is 0.158. The monoisotopic (exact) mass is 442 g/mol. The van der Waals surface area contributed by atoms with E-state index in [1.807, 2.05) is 4.98 Å². The van der Waals surface area contributed by atoms with E-state index in [2.05, 4.69) is 0 Å². The zero-order valence-electron chi connectivity index (χ0n) is 15.1. The highest BCUT2D eigenvalue weighted by Crippen LogP contribution is 2.47. The Morgan fingerprint density at radius 1 is 1.17 bits per heavy atom. The second kappa shape index (κ2) is 7.01. The van der Waals surface area contributed by atoms with Crippen LogP contribution < -0.4 is 11.2 Å². The van der Waals surface area contributed by atoms with Crippen molar-refractivity contribution in [3.8, 4) is 11.1 Å². The van der Waals surface area contributed by atoms with Crippen LogP contribution in [0.3, 0.4) is 0 Å². The molecule has 3 aromatic rings. The minimum atomic E-state index is -4.96. The van der Waals surface area contributed by atoms with Gasteiger partial charge in [0, 0.05) is 22.1 Å². The number of aromatic amines is 1. The van der Waals surface area contributed by atoms with Crippen molar-refractivity contribution in [2.75, 3.05) is 12.9 Å². The molecule has 0 amide bonds. The minimum absolute atomic E-state index is 0.0119. The van der Waals surface area contributed by atoms with Crippen LogP contribution in [0.5, 0.6) is 0 Å². The molecule has 156 valence electrons. The summed E-state index contributed by atoms with van der Waals surface area (Å²) in [5.41, 5.74) is -4.39. The third-order valence-electron chi connectivity index (χ3n) is 4.58. The average Bonchev–Trinajstić information content (AvgIpc) is 2.86. The number of halogens is 5. The molecule has 1 aromatic heterocycles. The fourth-order valence-electron chi connectivity index (χ4n) is 3.27. The molecule has 0 radical (unpaired) electrons. The van der Waals surface area contributed by atoms with E-state index < -0.39 is 51.1 Å². The maximum Gasteiger partial charge on any atom is 0.417 e. The van der Waals surface area contributed by atoms with Crippen LogP contribution in [0.15, 0.2) is 44.5 Å². The molecule has 0 aliphatic carbocycles. The van der Waals surface area contributed by atoms with E-state index in [0.717, 1.165) is 28.5 Å². The molecule has 5 nitrogen and oxygen atoms in total. The van der Waals surface area contributed by atoms with Crippen molar-refractivity contribution in [2.45, 2.75) is 11.1 Å². The van der Waals surface area contributed by atoms with Crippen LogP contribution in [0.25, 0.3) is 28.2 Å². The van der Waals surface area contributed by atoms with Gasteiger partial charge < -0.3 is 4.74 Å². The number of ether oxygens (including phenoxy) is 1. The summed E-state index contributed by atoms with van der Waals surface area (Å²) >= 11 is 0.851. The van der Waals surface area contributed by atoms with Crippen LogP contribution in [0.2, 0.25) is 0 Å². The first-order chi connectivity index (χ1) is 14.1. The van der Waals surface area contributed by atoms with Crippen LogP contribution in [0.1, 0.15) is 5.56 Å². The Morgan fingerprint density at radius 3 is 2.53 bits per heavy atom. The fourth-order valence-corrected chi connectivity index (χ4v) is 4.46. The number of benzene rings is 2. The van der Waals surface area contributed by atoms with Crippen molar-refractivity contribution in [3.05, 3.63) is 68.1 Å². The van der Waals surface area contributed by atoms with Crippen molar-refractivity contribution in [3.63, 3.8) is 0 Å². The first kappa shape index (κ1) is 20.2. The molecular formula is C19H11F5N2O3S. The van der Waals surface area contributed by atoms with Gasteiger partial charge in [0.25, 0.3) is 5.56 Å². The quantitative estimate of drug-likeness (QED) is 0.605. The predicted octanol–water partition coefficient (Wildman–Crippen LogP) is 4.20. The number of rotatable bonds is 2. The van der Waals surface area contributed by atoms with E-state index in [1.54, 1.807) is 0 Å². The lowest BCUT2D eigenvalue weighted by molar-refractivity contribution is -0.137. The highest BCUT2D eigenvalue weighted by molar-refractivity contribution is 7.99. The normalized spacial score (nSPS) is 13.9. The lowest BCUT2D eigenvalue weighted by Gasteiger charge is -2.19. The summed E-state index contributed by atoms with van der Waals surface area (Å²) in [4.78, 5) is 26.5. The number of nitrogens with one attached hydrogen (secondary N) is 1. The molecule has 0 fully saturated rings. The Balaban J connectivity index is 2.26. The number of thioether (sulfide) groups is 1. The van der Waals surface area contributed by atoms with Gasteiger partial charge in [-0.15, -0.1) is 11.8 Å². The van der Waals surface area contributed by atoms with Gasteiger partial charge in [-0.3, -0.25) is 14.3 Å². The summed E-state index contributed by atoms with van der Waals surface area (Å²) in [7, 11) is 1.32. The summed E-state index contributed by atoms with van der Waals surface area (Å²) in [6, 6.07) is 2.76. The van der Waals surface area contributed by atoms with Crippen molar-refractivity contribution < 1.29 is 26.7 Å². The number of H-pyrrole nitrogens is 1. The topological polar surface area (TPSA) is 64.1 Å². The van der Waals surface area contributed by atoms with Crippen molar-refractivity contribution in [2.24, 2.45) is 0 Å². The van der Waals surface area contributed by atoms with Crippen LogP contribution in [-0.4, -0.2) is 22.4 Å². The number of methoxy groups -OCH3 is 1. The summed E-state index contributed by atoms with van der Waals surface area (Å²) in [5, 5.41) is -0.399. The summed E-state index contributed by atoms with van der Waals surface area (Å²) < 4.78 is 75.9. The Labute approximate surface area is 168 Å². The molecular weight excluding hydrogens is 431 g/mol.